The molecule has 1 aliphatic rings. The smallest absolute Gasteiger partial charge is 0.203 e. The second-order valence-electron chi connectivity index (χ2n) is 5.09. The third-order valence-electron chi connectivity index (χ3n) is 3.78. The van der Waals surface area contributed by atoms with Gasteiger partial charge in [0.05, 0.1) is 19.8 Å². The second kappa shape index (κ2) is 4.87. The summed E-state index contributed by atoms with van der Waals surface area (Å²) in [6.45, 7) is 1.84. The van der Waals surface area contributed by atoms with Gasteiger partial charge in [-0.2, -0.15) is 0 Å². The molecule has 22 heavy (non-hydrogen) atoms. The number of carbonyl (C=O) groups is 2. The van der Waals surface area contributed by atoms with E-state index in [4.69, 9.17) is 9.47 Å². The van der Waals surface area contributed by atoms with Crippen LogP contribution in [0.2, 0.25) is 0 Å². The summed E-state index contributed by atoms with van der Waals surface area (Å²) in [7, 11) is 2.76. The van der Waals surface area contributed by atoms with Crippen molar-refractivity contribution >= 4 is 11.6 Å². The van der Waals surface area contributed by atoms with E-state index in [-0.39, 0.29) is 34.2 Å². The molecular weight excluding hydrogens is 284 g/mol. The molecule has 112 valence electrons. The van der Waals surface area contributed by atoms with Gasteiger partial charge in [-0.25, -0.2) is 0 Å². The maximum atomic E-state index is 12.7. The zero-order valence-corrected chi connectivity index (χ0v) is 12.4. The highest BCUT2D eigenvalue weighted by molar-refractivity contribution is 6.29. The van der Waals surface area contributed by atoms with Gasteiger partial charge in [-0.15, -0.1) is 0 Å². The normalized spacial score (nSPS) is 12.7. The molecule has 0 saturated carbocycles. The van der Waals surface area contributed by atoms with Crippen LogP contribution in [0.1, 0.15) is 37.4 Å². The van der Waals surface area contributed by atoms with Crippen molar-refractivity contribution in [2.24, 2.45) is 0 Å². The maximum absolute atomic E-state index is 12.7. The van der Waals surface area contributed by atoms with E-state index >= 15 is 0 Å². The Bertz CT molecular complexity index is 820. The molecule has 0 spiro atoms. The predicted molar refractivity (Wildman–Crippen MR) is 79.3 cm³/mol. The number of hydrogen-bond acceptors (Lipinski definition) is 5. The fourth-order valence-electron chi connectivity index (χ4n) is 2.71. The van der Waals surface area contributed by atoms with Crippen LogP contribution in [0.15, 0.2) is 24.3 Å². The standard InChI is InChI=1S/C17H14O5/c1-8-4-5-9-10(6-8)15(19)13-11(14(9)18)7-12(21-2)17(22-3)16(13)20/h4-7,20H,1-3H3. The highest BCUT2D eigenvalue weighted by atomic mass is 16.5. The molecule has 0 aromatic heterocycles. The average molecular weight is 298 g/mol. The molecule has 0 saturated heterocycles. The summed E-state index contributed by atoms with van der Waals surface area (Å²) in [6.07, 6.45) is 0. The molecule has 0 fully saturated rings. The highest BCUT2D eigenvalue weighted by Crippen LogP contribution is 2.44. The molecule has 0 aliphatic heterocycles. The number of aromatic hydroxyl groups is 1. The van der Waals surface area contributed by atoms with Gasteiger partial charge in [0, 0.05) is 16.7 Å². The Hall–Kier alpha value is -2.82. The van der Waals surface area contributed by atoms with Crippen molar-refractivity contribution in [3.05, 3.63) is 52.1 Å². The van der Waals surface area contributed by atoms with Gasteiger partial charge >= 0.3 is 0 Å². The number of hydrogen-bond donors (Lipinski definition) is 1. The Balaban J connectivity index is 2.35. The lowest BCUT2D eigenvalue weighted by Crippen LogP contribution is -2.21. The fraction of sp³-hybridized carbons (Fsp3) is 0.176. The first-order valence-electron chi connectivity index (χ1n) is 6.67. The lowest BCUT2D eigenvalue weighted by Gasteiger charge is -2.21. The molecule has 2 aromatic rings. The van der Waals surface area contributed by atoms with E-state index in [1.54, 1.807) is 18.2 Å². The molecule has 0 radical (unpaired) electrons. The minimum atomic E-state index is -0.397. The number of carbonyl (C=O) groups excluding carboxylic acids is 2. The predicted octanol–water partition coefficient (Wildman–Crippen LogP) is 2.49. The first-order chi connectivity index (χ1) is 10.5. The molecule has 0 bridgehead atoms. The van der Waals surface area contributed by atoms with Gasteiger partial charge in [0.1, 0.15) is 0 Å². The Morgan fingerprint density at radius 3 is 2.27 bits per heavy atom. The molecule has 0 unspecified atom stereocenters. The Morgan fingerprint density at radius 1 is 0.909 bits per heavy atom. The van der Waals surface area contributed by atoms with Crippen LogP contribution in [0.4, 0.5) is 0 Å². The number of benzene rings is 2. The van der Waals surface area contributed by atoms with Gasteiger partial charge in [0.2, 0.25) is 5.75 Å². The third-order valence-corrected chi connectivity index (χ3v) is 3.78. The summed E-state index contributed by atoms with van der Waals surface area (Å²) in [5.41, 5.74) is 1.57. The second-order valence-corrected chi connectivity index (χ2v) is 5.09. The summed E-state index contributed by atoms with van der Waals surface area (Å²) in [4.78, 5) is 25.3. The molecule has 1 aliphatic carbocycles. The number of aryl methyl sites for hydroxylation is 1. The van der Waals surface area contributed by atoms with Gasteiger partial charge in [-0.1, -0.05) is 17.7 Å². The van der Waals surface area contributed by atoms with Crippen molar-refractivity contribution in [1.82, 2.24) is 0 Å². The van der Waals surface area contributed by atoms with Gasteiger partial charge in [-0.3, -0.25) is 9.59 Å². The largest absolute Gasteiger partial charge is 0.504 e. The maximum Gasteiger partial charge on any atom is 0.203 e. The third kappa shape index (κ3) is 1.79. The Labute approximate surface area is 127 Å². The van der Waals surface area contributed by atoms with E-state index < -0.39 is 5.78 Å². The van der Waals surface area contributed by atoms with E-state index in [0.717, 1.165) is 5.56 Å². The zero-order chi connectivity index (χ0) is 16.0. The fourth-order valence-corrected chi connectivity index (χ4v) is 2.71. The number of phenolic OH excluding ortho intramolecular Hbond substituents is 1. The van der Waals surface area contributed by atoms with Crippen molar-refractivity contribution in [3.8, 4) is 17.2 Å². The van der Waals surface area contributed by atoms with Crippen LogP contribution in [-0.2, 0) is 0 Å². The Morgan fingerprint density at radius 2 is 1.64 bits per heavy atom. The number of methoxy groups -OCH3 is 2. The van der Waals surface area contributed by atoms with Gasteiger partial charge in [0.15, 0.2) is 23.1 Å². The zero-order valence-electron chi connectivity index (χ0n) is 12.4. The first kappa shape index (κ1) is 14.1. The van der Waals surface area contributed by atoms with E-state index in [2.05, 4.69) is 0 Å². The van der Waals surface area contributed by atoms with Crippen LogP contribution < -0.4 is 9.47 Å². The van der Waals surface area contributed by atoms with Crippen molar-refractivity contribution < 1.29 is 24.2 Å². The molecular formula is C17H14O5. The highest BCUT2D eigenvalue weighted by Gasteiger charge is 2.35. The molecule has 1 N–H and O–H groups in total. The summed E-state index contributed by atoms with van der Waals surface area (Å²) in [5, 5.41) is 10.4. The van der Waals surface area contributed by atoms with Crippen LogP contribution in [0.5, 0.6) is 17.2 Å². The van der Waals surface area contributed by atoms with E-state index in [1.807, 2.05) is 6.92 Å². The van der Waals surface area contributed by atoms with Crippen molar-refractivity contribution in [2.45, 2.75) is 6.92 Å². The number of ether oxygens (including phenoxy) is 2. The van der Waals surface area contributed by atoms with Gasteiger partial charge < -0.3 is 14.6 Å². The Kier molecular flexibility index (Phi) is 3.13. The van der Waals surface area contributed by atoms with Crippen LogP contribution in [-0.4, -0.2) is 30.9 Å². The summed E-state index contributed by atoms with van der Waals surface area (Å²) < 4.78 is 10.2. The molecule has 0 atom stereocenters. The lowest BCUT2D eigenvalue weighted by atomic mass is 9.82. The minimum absolute atomic E-state index is 0.0403. The van der Waals surface area contributed by atoms with Gasteiger partial charge in [-0.05, 0) is 19.1 Å². The number of phenols is 1. The van der Waals surface area contributed by atoms with E-state index in [1.165, 1.54) is 20.3 Å². The number of rotatable bonds is 2. The molecule has 2 aromatic carbocycles. The number of ketones is 2. The van der Waals surface area contributed by atoms with Crippen LogP contribution >= 0.6 is 0 Å². The van der Waals surface area contributed by atoms with Crippen LogP contribution in [0, 0.1) is 6.92 Å². The average Bonchev–Trinajstić information content (AvgIpc) is 2.51. The SMILES string of the molecule is COc1cc2c(c(O)c1OC)C(=O)c1cc(C)ccc1C2=O. The molecule has 3 rings (SSSR count). The first-order valence-corrected chi connectivity index (χ1v) is 6.67. The van der Waals surface area contributed by atoms with Crippen molar-refractivity contribution in [2.75, 3.05) is 14.2 Å². The van der Waals surface area contributed by atoms with E-state index in [9.17, 15) is 14.7 Å². The monoisotopic (exact) mass is 298 g/mol. The van der Waals surface area contributed by atoms with Crippen LogP contribution in [0.25, 0.3) is 0 Å². The quantitative estimate of drug-likeness (QED) is 0.787. The molecule has 0 amide bonds. The van der Waals surface area contributed by atoms with Crippen LogP contribution in [0.3, 0.4) is 0 Å². The minimum Gasteiger partial charge on any atom is -0.504 e. The number of fused-ring (bicyclic) bond motifs is 2. The van der Waals surface area contributed by atoms with E-state index in [0.29, 0.717) is 11.1 Å². The molecule has 5 nitrogen and oxygen atoms in total. The lowest BCUT2D eigenvalue weighted by molar-refractivity contribution is 0.0975. The summed E-state index contributed by atoms with van der Waals surface area (Å²) in [5.74, 6) is -0.844. The molecule has 0 heterocycles. The van der Waals surface area contributed by atoms with Gasteiger partial charge in [0.25, 0.3) is 0 Å². The van der Waals surface area contributed by atoms with Crippen molar-refractivity contribution in [1.29, 1.82) is 0 Å². The molecule has 5 heteroatoms. The van der Waals surface area contributed by atoms with Crippen molar-refractivity contribution in [3.63, 3.8) is 0 Å². The summed E-state index contributed by atoms with van der Waals surface area (Å²) in [6, 6.07) is 6.47. The topological polar surface area (TPSA) is 72.8 Å². The summed E-state index contributed by atoms with van der Waals surface area (Å²) >= 11 is 0.